The van der Waals surface area contributed by atoms with Crippen molar-refractivity contribution in [3.05, 3.63) is 30.1 Å². The van der Waals surface area contributed by atoms with E-state index in [1.165, 1.54) is 6.42 Å². The summed E-state index contributed by atoms with van der Waals surface area (Å²) in [6.07, 6.45) is 4.27. The van der Waals surface area contributed by atoms with Gasteiger partial charge < -0.3 is 4.90 Å². The molecule has 3 rings (SSSR count). The third-order valence-electron chi connectivity index (χ3n) is 4.95. The molecule has 1 aromatic rings. The van der Waals surface area contributed by atoms with E-state index in [4.69, 9.17) is 0 Å². The van der Waals surface area contributed by atoms with Crippen LogP contribution in [0.4, 0.5) is 0 Å². The lowest BCUT2D eigenvalue weighted by Gasteiger charge is -2.36. The number of piperazine rings is 1. The minimum absolute atomic E-state index is 0.315. The fourth-order valence-corrected chi connectivity index (χ4v) is 3.53. The molecule has 0 N–H and O–H groups in total. The summed E-state index contributed by atoms with van der Waals surface area (Å²) in [5.41, 5.74) is 1.12. The Labute approximate surface area is 139 Å². The number of piperidine rings is 1. The first-order valence-corrected chi connectivity index (χ1v) is 8.83. The predicted octanol–water partition coefficient (Wildman–Crippen LogP) is 1.46. The Morgan fingerprint density at radius 3 is 2.65 bits per heavy atom. The summed E-state index contributed by atoms with van der Waals surface area (Å²) in [5, 5.41) is 0. The first kappa shape index (κ1) is 16.4. The van der Waals surface area contributed by atoms with E-state index in [-0.39, 0.29) is 0 Å². The van der Waals surface area contributed by atoms with E-state index in [1.807, 2.05) is 18.3 Å². The zero-order chi connectivity index (χ0) is 16.1. The van der Waals surface area contributed by atoms with Gasteiger partial charge in [-0.15, -0.1) is 0 Å². The highest BCUT2D eigenvalue weighted by Crippen LogP contribution is 2.16. The molecule has 23 heavy (non-hydrogen) atoms. The number of carbonyl (C=O) groups excluding carboxylic acids is 1. The maximum Gasteiger partial charge on any atom is 0.236 e. The maximum absolute atomic E-state index is 12.4. The van der Waals surface area contributed by atoms with Crippen molar-refractivity contribution in [2.75, 3.05) is 45.8 Å². The van der Waals surface area contributed by atoms with Crippen molar-refractivity contribution >= 4 is 5.91 Å². The molecular formula is C18H28N4O. The minimum atomic E-state index is 0.315. The van der Waals surface area contributed by atoms with Gasteiger partial charge in [0.25, 0.3) is 0 Å². The molecule has 1 unspecified atom stereocenters. The van der Waals surface area contributed by atoms with Gasteiger partial charge in [-0.2, -0.15) is 0 Å². The molecule has 5 nitrogen and oxygen atoms in total. The van der Waals surface area contributed by atoms with E-state index in [0.717, 1.165) is 57.9 Å². The Hall–Kier alpha value is -1.46. The maximum atomic E-state index is 12.4. The summed E-state index contributed by atoms with van der Waals surface area (Å²) in [4.78, 5) is 23.6. The van der Waals surface area contributed by atoms with Crippen LogP contribution in [-0.4, -0.2) is 71.4 Å². The predicted molar refractivity (Wildman–Crippen MR) is 90.9 cm³/mol. The van der Waals surface area contributed by atoms with Gasteiger partial charge in [-0.05, 0) is 30.9 Å². The largest absolute Gasteiger partial charge is 0.341 e. The quantitative estimate of drug-likeness (QED) is 0.843. The zero-order valence-electron chi connectivity index (χ0n) is 14.2. The van der Waals surface area contributed by atoms with Crippen molar-refractivity contribution in [2.24, 2.45) is 5.92 Å². The number of nitrogens with zero attached hydrogens (tertiary/aromatic N) is 4. The van der Waals surface area contributed by atoms with E-state index in [9.17, 15) is 4.79 Å². The molecule has 2 saturated heterocycles. The van der Waals surface area contributed by atoms with Crippen LogP contribution >= 0.6 is 0 Å². The normalized spacial score (nSPS) is 23.9. The molecule has 1 amide bonds. The highest BCUT2D eigenvalue weighted by atomic mass is 16.2. The van der Waals surface area contributed by atoms with E-state index < -0.39 is 0 Å². The molecule has 5 heteroatoms. The van der Waals surface area contributed by atoms with Gasteiger partial charge in [0.1, 0.15) is 0 Å². The minimum Gasteiger partial charge on any atom is -0.341 e. The van der Waals surface area contributed by atoms with Gasteiger partial charge in [0.05, 0.1) is 12.2 Å². The molecule has 1 aromatic heterocycles. The van der Waals surface area contributed by atoms with Gasteiger partial charge in [0.2, 0.25) is 5.91 Å². The lowest BCUT2D eigenvalue weighted by Crippen LogP contribution is -2.51. The van der Waals surface area contributed by atoms with Crippen LogP contribution in [0.5, 0.6) is 0 Å². The lowest BCUT2D eigenvalue weighted by atomic mass is 10.0. The lowest BCUT2D eigenvalue weighted by molar-refractivity contribution is -0.134. The van der Waals surface area contributed by atoms with Crippen LogP contribution in [0.1, 0.15) is 25.5 Å². The molecule has 2 aliphatic rings. The second-order valence-electron chi connectivity index (χ2n) is 6.96. The van der Waals surface area contributed by atoms with Crippen molar-refractivity contribution < 1.29 is 4.79 Å². The molecule has 2 fully saturated rings. The summed E-state index contributed by atoms with van der Waals surface area (Å²) < 4.78 is 0. The fraction of sp³-hybridized carbons (Fsp3) is 0.667. The third kappa shape index (κ3) is 4.75. The van der Waals surface area contributed by atoms with Gasteiger partial charge in [-0.1, -0.05) is 13.0 Å². The summed E-state index contributed by atoms with van der Waals surface area (Å²) in [7, 11) is 0. The molecule has 1 atom stereocenters. The molecule has 126 valence electrons. The zero-order valence-corrected chi connectivity index (χ0v) is 14.2. The van der Waals surface area contributed by atoms with Crippen molar-refractivity contribution in [3.63, 3.8) is 0 Å². The third-order valence-corrected chi connectivity index (χ3v) is 4.95. The highest BCUT2D eigenvalue weighted by Gasteiger charge is 2.24. The van der Waals surface area contributed by atoms with Crippen LogP contribution in [0.15, 0.2) is 24.4 Å². The summed E-state index contributed by atoms with van der Waals surface area (Å²) in [5.74, 6) is 0.970. The number of likely N-dealkylation sites (tertiary alicyclic amines) is 1. The second kappa shape index (κ2) is 7.88. The molecule has 0 saturated carbocycles. The summed E-state index contributed by atoms with van der Waals surface area (Å²) >= 11 is 0. The van der Waals surface area contributed by atoms with Gasteiger partial charge in [-0.3, -0.25) is 19.6 Å². The van der Waals surface area contributed by atoms with Crippen LogP contribution < -0.4 is 0 Å². The number of rotatable bonds is 4. The standard InChI is InChI=1S/C18H28N4O/c1-16-5-4-8-22(13-16)18(23)15-21-11-9-20(10-12-21)14-17-6-2-3-7-19-17/h2-3,6-7,16H,4-5,8-15H2,1H3. The van der Waals surface area contributed by atoms with Crippen molar-refractivity contribution in [2.45, 2.75) is 26.3 Å². The number of hydrogen-bond acceptors (Lipinski definition) is 4. The Bertz CT molecular complexity index is 499. The van der Waals surface area contributed by atoms with Crippen molar-refractivity contribution in [1.29, 1.82) is 0 Å². The van der Waals surface area contributed by atoms with E-state index in [0.29, 0.717) is 18.4 Å². The van der Waals surface area contributed by atoms with E-state index in [2.05, 4.69) is 32.7 Å². The van der Waals surface area contributed by atoms with Gasteiger partial charge in [-0.25, -0.2) is 0 Å². The molecule has 0 aliphatic carbocycles. The topological polar surface area (TPSA) is 39.7 Å². The Morgan fingerprint density at radius 2 is 1.96 bits per heavy atom. The molecule has 0 radical (unpaired) electrons. The molecular weight excluding hydrogens is 288 g/mol. The summed E-state index contributed by atoms with van der Waals surface area (Å²) in [6, 6.07) is 6.07. The average Bonchev–Trinajstić information content (AvgIpc) is 2.57. The summed E-state index contributed by atoms with van der Waals surface area (Å²) in [6.45, 7) is 9.61. The molecule has 0 aromatic carbocycles. The number of amides is 1. The van der Waals surface area contributed by atoms with E-state index >= 15 is 0 Å². The molecule has 0 spiro atoms. The smallest absolute Gasteiger partial charge is 0.236 e. The number of pyridine rings is 1. The van der Waals surface area contributed by atoms with Crippen molar-refractivity contribution in [3.8, 4) is 0 Å². The van der Waals surface area contributed by atoms with Crippen LogP contribution in [-0.2, 0) is 11.3 Å². The first-order valence-electron chi connectivity index (χ1n) is 8.83. The monoisotopic (exact) mass is 316 g/mol. The Kier molecular flexibility index (Phi) is 5.62. The number of aromatic nitrogens is 1. The average molecular weight is 316 g/mol. The SMILES string of the molecule is CC1CCCN(C(=O)CN2CCN(Cc3ccccn3)CC2)C1. The van der Waals surface area contributed by atoms with Crippen LogP contribution in [0.2, 0.25) is 0 Å². The fourth-order valence-electron chi connectivity index (χ4n) is 3.53. The molecule has 0 bridgehead atoms. The Balaban J connectivity index is 1.41. The second-order valence-corrected chi connectivity index (χ2v) is 6.96. The number of hydrogen-bond donors (Lipinski definition) is 0. The molecule has 3 heterocycles. The van der Waals surface area contributed by atoms with Crippen LogP contribution in [0, 0.1) is 5.92 Å². The highest BCUT2D eigenvalue weighted by molar-refractivity contribution is 5.78. The van der Waals surface area contributed by atoms with Crippen LogP contribution in [0.25, 0.3) is 0 Å². The van der Waals surface area contributed by atoms with Crippen LogP contribution in [0.3, 0.4) is 0 Å². The van der Waals surface area contributed by atoms with Gasteiger partial charge in [0, 0.05) is 52.0 Å². The van der Waals surface area contributed by atoms with Crippen molar-refractivity contribution in [1.82, 2.24) is 19.7 Å². The van der Waals surface area contributed by atoms with Gasteiger partial charge >= 0.3 is 0 Å². The first-order chi connectivity index (χ1) is 11.2. The number of carbonyl (C=O) groups is 1. The van der Waals surface area contributed by atoms with Gasteiger partial charge in [0.15, 0.2) is 0 Å². The Morgan fingerprint density at radius 1 is 1.17 bits per heavy atom. The molecule has 2 aliphatic heterocycles. The van der Waals surface area contributed by atoms with E-state index in [1.54, 1.807) is 0 Å².